The third kappa shape index (κ3) is 5.96. The van der Waals surface area contributed by atoms with Gasteiger partial charge in [-0.05, 0) is 60.0 Å². The van der Waals surface area contributed by atoms with E-state index in [0.29, 0.717) is 37.6 Å². The predicted octanol–water partition coefficient (Wildman–Crippen LogP) is 2.57. The fourth-order valence-electron chi connectivity index (χ4n) is 3.88. The van der Waals surface area contributed by atoms with Crippen LogP contribution in [0.1, 0.15) is 40.0 Å². The van der Waals surface area contributed by atoms with Crippen LogP contribution in [-0.2, 0) is 9.47 Å². The van der Waals surface area contributed by atoms with E-state index >= 15 is 0 Å². The molecule has 0 aliphatic carbocycles. The second-order valence-corrected chi connectivity index (χ2v) is 7.88. The first kappa shape index (κ1) is 19.1. The predicted molar refractivity (Wildman–Crippen MR) is 91.6 cm³/mol. The quantitative estimate of drug-likeness (QED) is 0.683. The van der Waals surface area contributed by atoms with Gasteiger partial charge in [0.25, 0.3) is 0 Å². The van der Waals surface area contributed by atoms with Crippen LogP contribution < -0.4 is 0 Å². The molecule has 0 saturated carbocycles. The fourth-order valence-corrected chi connectivity index (χ4v) is 3.88. The Morgan fingerprint density at radius 2 is 1.57 bits per heavy atom. The minimum Gasteiger partial charge on any atom is -0.377 e. The van der Waals surface area contributed by atoms with E-state index in [0.717, 1.165) is 19.6 Å². The molecule has 0 aromatic heterocycles. The highest BCUT2D eigenvalue weighted by Crippen LogP contribution is 2.27. The summed E-state index contributed by atoms with van der Waals surface area (Å²) >= 11 is 0. The summed E-state index contributed by atoms with van der Waals surface area (Å²) in [5.41, 5.74) is 0. The summed E-state index contributed by atoms with van der Waals surface area (Å²) in [4.78, 5) is 4.50. The van der Waals surface area contributed by atoms with Crippen LogP contribution in [0, 0.1) is 5.92 Å². The molecule has 23 heavy (non-hydrogen) atoms. The van der Waals surface area contributed by atoms with Crippen molar-refractivity contribution in [1.29, 1.82) is 0 Å². The summed E-state index contributed by atoms with van der Waals surface area (Å²) in [5.74, 6) is 0.672. The first-order valence-electron chi connectivity index (χ1n) is 9.12. The maximum Gasteiger partial charge on any atom is 0.114 e. The third-order valence-corrected chi connectivity index (χ3v) is 5.27. The Labute approximate surface area is 141 Å². The number of likely N-dealkylation sites (N-methyl/N-ethyl adjacent to an activating group) is 2. The maximum absolute atomic E-state index is 13.4. The second-order valence-electron chi connectivity index (χ2n) is 7.88. The van der Waals surface area contributed by atoms with Gasteiger partial charge in [0.15, 0.2) is 0 Å². The molecule has 2 heterocycles. The van der Waals surface area contributed by atoms with E-state index < -0.39 is 6.17 Å². The highest BCUT2D eigenvalue weighted by atomic mass is 19.1. The molecule has 2 unspecified atom stereocenters. The topological polar surface area (TPSA) is 24.9 Å². The van der Waals surface area contributed by atoms with Gasteiger partial charge >= 0.3 is 0 Å². The lowest BCUT2D eigenvalue weighted by atomic mass is 9.99. The zero-order chi connectivity index (χ0) is 17.0. The Bertz CT molecular complexity index is 356. The number of nitrogens with zero attached hydrogens (tertiary/aromatic N) is 2. The minimum absolute atomic E-state index is 0.241. The summed E-state index contributed by atoms with van der Waals surface area (Å²) in [6.45, 7) is 9.48. The number of hydrogen-bond donors (Lipinski definition) is 0. The van der Waals surface area contributed by atoms with E-state index in [4.69, 9.17) is 9.47 Å². The summed E-state index contributed by atoms with van der Waals surface area (Å²) in [7, 11) is 4.18. The Morgan fingerprint density at radius 1 is 0.957 bits per heavy atom. The lowest BCUT2D eigenvalue weighted by molar-refractivity contribution is 0.0204. The van der Waals surface area contributed by atoms with E-state index in [1.807, 2.05) is 7.05 Å². The third-order valence-electron chi connectivity index (χ3n) is 5.27. The zero-order valence-electron chi connectivity index (χ0n) is 15.5. The van der Waals surface area contributed by atoms with Gasteiger partial charge in [-0.15, -0.1) is 0 Å². The molecule has 136 valence electrons. The van der Waals surface area contributed by atoms with E-state index in [2.05, 4.69) is 37.6 Å². The average Bonchev–Trinajstić information content (AvgIpc) is 2.96. The SMILES string of the molecule is CC(C)OC[C@@H]1CC(CC(C)OC[C@@H]2C[C@@H](F)CN2C)CN1C. The van der Waals surface area contributed by atoms with Gasteiger partial charge in [-0.25, -0.2) is 4.39 Å². The fraction of sp³-hybridized carbons (Fsp3) is 1.00. The molecule has 2 rings (SSSR count). The number of alkyl halides is 1. The van der Waals surface area contributed by atoms with E-state index in [9.17, 15) is 4.39 Å². The van der Waals surface area contributed by atoms with Crippen molar-refractivity contribution < 1.29 is 13.9 Å². The molecular weight excluding hydrogens is 295 g/mol. The molecule has 0 aromatic rings. The summed E-state index contributed by atoms with van der Waals surface area (Å²) in [5, 5.41) is 0. The zero-order valence-corrected chi connectivity index (χ0v) is 15.5. The van der Waals surface area contributed by atoms with Gasteiger partial charge in [-0.2, -0.15) is 0 Å². The molecule has 2 aliphatic heterocycles. The van der Waals surface area contributed by atoms with Gasteiger partial charge in [-0.3, -0.25) is 4.90 Å². The standard InChI is InChI=1S/C18H35FN2O2/c1-13(2)22-11-17-7-15(9-20(17)4)6-14(3)23-12-18-8-16(19)10-21(18)5/h13-18H,6-12H2,1-5H3/t14?,15?,16-,17+,18+/m1/s1. The Kier molecular flexibility index (Phi) is 7.26. The van der Waals surface area contributed by atoms with Gasteiger partial charge in [0.05, 0.1) is 25.4 Å². The van der Waals surface area contributed by atoms with Gasteiger partial charge in [0.1, 0.15) is 6.17 Å². The lowest BCUT2D eigenvalue weighted by Gasteiger charge is -2.23. The van der Waals surface area contributed by atoms with E-state index in [1.54, 1.807) is 0 Å². The highest BCUT2D eigenvalue weighted by molar-refractivity contribution is 4.85. The summed E-state index contributed by atoms with van der Waals surface area (Å²) in [6, 6.07) is 0.772. The Hall–Kier alpha value is -0.230. The molecule has 2 aliphatic rings. The largest absolute Gasteiger partial charge is 0.377 e. The van der Waals surface area contributed by atoms with Crippen molar-refractivity contribution in [3.63, 3.8) is 0 Å². The molecule has 4 nitrogen and oxygen atoms in total. The molecule has 0 amide bonds. The lowest BCUT2D eigenvalue weighted by Crippen LogP contribution is -2.31. The van der Waals surface area contributed by atoms with E-state index in [-0.39, 0.29) is 12.1 Å². The number of rotatable bonds is 8. The van der Waals surface area contributed by atoms with Crippen molar-refractivity contribution in [2.24, 2.45) is 5.92 Å². The van der Waals surface area contributed by atoms with Crippen LogP contribution in [0.3, 0.4) is 0 Å². The van der Waals surface area contributed by atoms with Crippen molar-refractivity contribution in [1.82, 2.24) is 9.80 Å². The molecule has 0 bridgehead atoms. The molecule has 5 heteroatoms. The van der Waals surface area contributed by atoms with Gasteiger partial charge < -0.3 is 14.4 Å². The smallest absolute Gasteiger partial charge is 0.114 e. The monoisotopic (exact) mass is 330 g/mol. The van der Waals surface area contributed by atoms with Gasteiger partial charge in [0.2, 0.25) is 0 Å². The minimum atomic E-state index is -0.686. The normalized spacial score (nSPS) is 34.6. The van der Waals surface area contributed by atoms with Gasteiger partial charge in [-0.1, -0.05) is 0 Å². The first-order chi connectivity index (χ1) is 10.8. The Morgan fingerprint density at radius 3 is 2.17 bits per heavy atom. The molecular formula is C18H35FN2O2. The van der Waals surface area contributed by atoms with Crippen LogP contribution in [0.5, 0.6) is 0 Å². The van der Waals surface area contributed by atoms with Crippen LogP contribution >= 0.6 is 0 Å². The first-order valence-corrected chi connectivity index (χ1v) is 9.12. The number of likely N-dealkylation sites (tertiary alicyclic amines) is 2. The van der Waals surface area contributed by atoms with Crippen LogP contribution in [0.25, 0.3) is 0 Å². The van der Waals surface area contributed by atoms with Crippen LogP contribution in [0.4, 0.5) is 4.39 Å². The van der Waals surface area contributed by atoms with Crippen molar-refractivity contribution in [3.05, 3.63) is 0 Å². The molecule has 0 spiro atoms. The molecule has 2 saturated heterocycles. The van der Waals surface area contributed by atoms with Crippen molar-refractivity contribution in [2.75, 3.05) is 40.4 Å². The number of halogens is 1. The number of hydrogen-bond acceptors (Lipinski definition) is 4. The molecule has 0 aromatic carbocycles. The Balaban J connectivity index is 1.66. The molecule has 0 N–H and O–H groups in total. The van der Waals surface area contributed by atoms with Crippen LogP contribution in [0.15, 0.2) is 0 Å². The number of ether oxygens (including phenoxy) is 2. The van der Waals surface area contributed by atoms with Crippen molar-refractivity contribution in [2.45, 2.75) is 70.5 Å². The molecule has 2 fully saturated rings. The summed E-state index contributed by atoms with van der Waals surface area (Å²) < 4.78 is 25.2. The average molecular weight is 330 g/mol. The second kappa shape index (κ2) is 8.75. The van der Waals surface area contributed by atoms with Gasteiger partial charge in [0, 0.05) is 25.2 Å². The van der Waals surface area contributed by atoms with E-state index in [1.165, 1.54) is 6.42 Å². The van der Waals surface area contributed by atoms with Crippen LogP contribution in [-0.4, -0.2) is 80.7 Å². The molecule has 5 atom stereocenters. The van der Waals surface area contributed by atoms with Crippen molar-refractivity contribution >= 4 is 0 Å². The maximum atomic E-state index is 13.4. The van der Waals surface area contributed by atoms with Crippen LogP contribution in [0.2, 0.25) is 0 Å². The molecule has 0 radical (unpaired) electrons. The summed E-state index contributed by atoms with van der Waals surface area (Å²) in [6.07, 6.45) is 2.74. The highest BCUT2D eigenvalue weighted by Gasteiger charge is 2.32. The van der Waals surface area contributed by atoms with Crippen molar-refractivity contribution in [3.8, 4) is 0 Å².